The van der Waals surface area contributed by atoms with Gasteiger partial charge in [-0.2, -0.15) is 0 Å². The van der Waals surface area contributed by atoms with Gasteiger partial charge in [-0.1, -0.05) is 6.42 Å². The molecule has 82 valence electrons. The summed E-state index contributed by atoms with van der Waals surface area (Å²) < 4.78 is 2.39. The van der Waals surface area contributed by atoms with E-state index in [-0.39, 0.29) is 0 Å². The van der Waals surface area contributed by atoms with E-state index in [1.807, 2.05) is 6.20 Å². The zero-order valence-corrected chi connectivity index (χ0v) is 9.15. The lowest BCUT2D eigenvalue weighted by Crippen LogP contribution is -2.20. The molecule has 1 aliphatic carbocycles. The fourth-order valence-electron chi connectivity index (χ4n) is 2.66. The second-order valence-electron chi connectivity index (χ2n) is 4.92. The summed E-state index contributed by atoms with van der Waals surface area (Å²) in [6, 6.07) is 0. The number of rotatable bonds is 3. The standard InChI is InChI=1S/C12H19N3/c1-2-10(3-1)9-15-7-6-14-12(15)11-4-5-13-8-11/h6-7,10-11,13H,1-5,8-9H2. The predicted octanol–water partition coefficient (Wildman–Crippen LogP) is 1.76. The predicted molar refractivity (Wildman–Crippen MR) is 59.8 cm³/mol. The summed E-state index contributed by atoms with van der Waals surface area (Å²) in [7, 11) is 0. The number of hydrogen-bond donors (Lipinski definition) is 1. The number of nitrogens with one attached hydrogen (secondary N) is 1. The van der Waals surface area contributed by atoms with Gasteiger partial charge in [0.15, 0.2) is 0 Å². The van der Waals surface area contributed by atoms with Gasteiger partial charge in [-0.05, 0) is 31.7 Å². The Kier molecular flexibility index (Phi) is 2.49. The van der Waals surface area contributed by atoms with Crippen LogP contribution < -0.4 is 5.32 Å². The number of imidazole rings is 1. The molecule has 1 atom stereocenters. The quantitative estimate of drug-likeness (QED) is 0.815. The van der Waals surface area contributed by atoms with Gasteiger partial charge in [-0.15, -0.1) is 0 Å². The molecule has 1 unspecified atom stereocenters. The number of aromatic nitrogens is 2. The molecule has 1 aromatic rings. The van der Waals surface area contributed by atoms with Crippen molar-refractivity contribution in [1.82, 2.24) is 14.9 Å². The molecule has 1 saturated carbocycles. The van der Waals surface area contributed by atoms with Crippen molar-refractivity contribution in [2.24, 2.45) is 5.92 Å². The fraction of sp³-hybridized carbons (Fsp3) is 0.750. The molecule has 1 saturated heterocycles. The van der Waals surface area contributed by atoms with Gasteiger partial charge >= 0.3 is 0 Å². The third-order valence-corrected chi connectivity index (χ3v) is 3.85. The molecule has 15 heavy (non-hydrogen) atoms. The molecular weight excluding hydrogens is 186 g/mol. The molecule has 0 radical (unpaired) electrons. The minimum Gasteiger partial charge on any atom is -0.334 e. The van der Waals surface area contributed by atoms with Crippen LogP contribution in [0.5, 0.6) is 0 Å². The largest absolute Gasteiger partial charge is 0.334 e. The van der Waals surface area contributed by atoms with Crippen LogP contribution >= 0.6 is 0 Å². The van der Waals surface area contributed by atoms with Crippen LogP contribution in [0, 0.1) is 5.92 Å². The van der Waals surface area contributed by atoms with Crippen molar-refractivity contribution in [2.75, 3.05) is 13.1 Å². The van der Waals surface area contributed by atoms with Crippen molar-refractivity contribution < 1.29 is 0 Å². The Balaban J connectivity index is 1.72. The first kappa shape index (κ1) is 9.40. The molecule has 1 aromatic heterocycles. The first-order chi connectivity index (χ1) is 7.43. The molecule has 2 heterocycles. The Bertz CT molecular complexity index is 321. The molecule has 0 spiro atoms. The van der Waals surface area contributed by atoms with E-state index in [4.69, 9.17) is 0 Å². The molecule has 0 bridgehead atoms. The maximum absolute atomic E-state index is 4.53. The minimum atomic E-state index is 0.653. The van der Waals surface area contributed by atoms with Crippen molar-refractivity contribution in [1.29, 1.82) is 0 Å². The van der Waals surface area contributed by atoms with Crippen molar-refractivity contribution in [3.63, 3.8) is 0 Å². The fourth-order valence-corrected chi connectivity index (χ4v) is 2.66. The zero-order chi connectivity index (χ0) is 10.1. The Labute approximate surface area is 90.9 Å². The van der Waals surface area contributed by atoms with Crippen LogP contribution in [0.4, 0.5) is 0 Å². The molecule has 3 rings (SSSR count). The van der Waals surface area contributed by atoms with Crippen LogP contribution in [0.25, 0.3) is 0 Å². The summed E-state index contributed by atoms with van der Waals surface area (Å²) in [6.45, 7) is 3.47. The molecule has 1 aliphatic heterocycles. The van der Waals surface area contributed by atoms with E-state index in [1.54, 1.807) is 0 Å². The summed E-state index contributed by atoms with van der Waals surface area (Å²) in [5.74, 6) is 2.89. The van der Waals surface area contributed by atoms with Gasteiger partial charge in [0, 0.05) is 31.4 Å². The average Bonchev–Trinajstić information content (AvgIpc) is 2.81. The highest BCUT2D eigenvalue weighted by Crippen LogP contribution is 2.29. The second kappa shape index (κ2) is 3.97. The molecule has 3 nitrogen and oxygen atoms in total. The highest BCUT2D eigenvalue weighted by molar-refractivity contribution is 5.04. The molecule has 0 aromatic carbocycles. The Morgan fingerprint density at radius 3 is 3.00 bits per heavy atom. The highest BCUT2D eigenvalue weighted by atomic mass is 15.1. The first-order valence-electron chi connectivity index (χ1n) is 6.15. The van der Waals surface area contributed by atoms with Crippen molar-refractivity contribution in [3.05, 3.63) is 18.2 Å². The summed E-state index contributed by atoms with van der Waals surface area (Å²) in [5, 5.41) is 3.42. The van der Waals surface area contributed by atoms with E-state index >= 15 is 0 Å². The van der Waals surface area contributed by atoms with Gasteiger partial charge in [0.05, 0.1) is 0 Å². The summed E-state index contributed by atoms with van der Waals surface area (Å²) in [6.07, 6.45) is 9.64. The van der Waals surface area contributed by atoms with Crippen LogP contribution in [0.3, 0.4) is 0 Å². The molecule has 1 N–H and O–H groups in total. The van der Waals surface area contributed by atoms with Gasteiger partial charge in [0.25, 0.3) is 0 Å². The lowest BCUT2D eigenvalue weighted by atomic mass is 9.85. The second-order valence-corrected chi connectivity index (χ2v) is 4.92. The summed E-state index contributed by atoms with van der Waals surface area (Å²) >= 11 is 0. The van der Waals surface area contributed by atoms with Crippen molar-refractivity contribution in [3.8, 4) is 0 Å². The monoisotopic (exact) mass is 205 g/mol. The molecule has 3 heteroatoms. The van der Waals surface area contributed by atoms with Gasteiger partial charge in [-0.25, -0.2) is 4.98 Å². The Hall–Kier alpha value is -0.830. The van der Waals surface area contributed by atoms with Crippen LogP contribution in [0.1, 0.15) is 37.4 Å². The maximum Gasteiger partial charge on any atom is 0.113 e. The smallest absolute Gasteiger partial charge is 0.113 e. The average molecular weight is 205 g/mol. The highest BCUT2D eigenvalue weighted by Gasteiger charge is 2.23. The normalized spacial score (nSPS) is 26.8. The van der Waals surface area contributed by atoms with E-state index in [1.165, 1.54) is 38.1 Å². The van der Waals surface area contributed by atoms with Gasteiger partial charge in [0.1, 0.15) is 5.82 Å². The Morgan fingerprint density at radius 1 is 1.40 bits per heavy atom. The van der Waals surface area contributed by atoms with E-state index in [2.05, 4.69) is 21.1 Å². The van der Waals surface area contributed by atoms with E-state index in [9.17, 15) is 0 Å². The number of nitrogens with zero attached hydrogens (tertiary/aromatic N) is 2. The Morgan fingerprint density at radius 2 is 2.33 bits per heavy atom. The molecule has 2 aliphatic rings. The lowest BCUT2D eigenvalue weighted by molar-refractivity contribution is 0.272. The van der Waals surface area contributed by atoms with E-state index in [0.717, 1.165) is 19.0 Å². The van der Waals surface area contributed by atoms with Crippen molar-refractivity contribution >= 4 is 0 Å². The van der Waals surface area contributed by atoms with E-state index in [0.29, 0.717) is 5.92 Å². The summed E-state index contributed by atoms with van der Waals surface area (Å²) in [5.41, 5.74) is 0. The molecular formula is C12H19N3. The van der Waals surface area contributed by atoms with E-state index < -0.39 is 0 Å². The summed E-state index contributed by atoms with van der Waals surface area (Å²) in [4.78, 5) is 4.53. The molecule has 0 amide bonds. The maximum atomic E-state index is 4.53. The van der Waals surface area contributed by atoms with Crippen molar-refractivity contribution in [2.45, 2.75) is 38.1 Å². The number of hydrogen-bond acceptors (Lipinski definition) is 2. The van der Waals surface area contributed by atoms with Crippen LogP contribution in [-0.2, 0) is 6.54 Å². The molecule has 2 fully saturated rings. The SMILES string of the molecule is c1cn(CC2CCC2)c(C2CCNC2)n1. The van der Waals surface area contributed by atoms with Crippen LogP contribution in [0.2, 0.25) is 0 Å². The lowest BCUT2D eigenvalue weighted by Gasteiger charge is -2.26. The topological polar surface area (TPSA) is 29.9 Å². The zero-order valence-electron chi connectivity index (χ0n) is 9.15. The van der Waals surface area contributed by atoms with Crippen LogP contribution in [-0.4, -0.2) is 22.6 Å². The van der Waals surface area contributed by atoms with Gasteiger partial charge in [0.2, 0.25) is 0 Å². The third-order valence-electron chi connectivity index (χ3n) is 3.85. The third kappa shape index (κ3) is 1.81. The minimum absolute atomic E-state index is 0.653. The van der Waals surface area contributed by atoms with Crippen LogP contribution in [0.15, 0.2) is 12.4 Å². The van der Waals surface area contributed by atoms with Gasteiger partial charge in [-0.3, -0.25) is 0 Å². The van der Waals surface area contributed by atoms with Gasteiger partial charge < -0.3 is 9.88 Å². The first-order valence-corrected chi connectivity index (χ1v) is 6.15.